The number of aliphatic hydroxyl groups excluding tert-OH is 1. The molecule has 0 bridgehead atoms. The number of hydrogen-bond donors (Lipinski definition) is 3. The average molecular weight is 148 g/mol. The van der Waals surface area contributed by atoms with E-state index in [4.69, 9.17) is 15.9 Å². The summed E-state index contributed by atoms with van der Waals surface area (Å²) in [5.74, 6) is -1.18. The number of halogens is 1. The summed E-state index contributed by atoms with van der Waals surface area (Å²) in [7, 11) is 0. The minimum Gasteiger partial charge on any atom is -0.480 e. The van der Waals surface area contributed by atoms with Crippen LogP contribution in [0, 0.1) is 0 Å². The molecule has 0 rings (SSSR count). The van der Waals surface area contributed by atoms with E-state index in [1.807, 2.05) is 0 Å². The first-order valence-corrected chi connectivity index (χ1v) is 1.77. The molecule has 0 aliphatic heterocycles. The third-order valence-electron chi connectivity index (χ3n) is 0.514. The number of carboxylic acid groups (broad SMARTS) is 1. The van der Waals surface area contributed by atoms with Crippen molar-refractivity contribution in [3.8, 4) is 0 Å². The number of nitrogens with two attached hydrogens (primary N) is 1. The van der Waals surface area contributed by atoms with Crippen molar-refractivity contribution in [3.05, 3.63) is 0 Å². The molecule has 4 N–H and O–H groups in total. The van der Waals surface area contributed by atoms with Crippen LogP contribution in [0.1, 0.15) is 0 Å². The first-order chi connectivity index (χ1) is 3.18. The van der Waals surface area contributed by atoms with Crippen LogP contribution >= 0.6 is 12.4 Å². The number of rotatable bonds is 2. The van der Waals surface area contributed by atoms with E-state index >= 15 is 0 Å². The van der Waals surface area contributed by atoms with Crippen molar-refractivity contribution in [1.82, 2.24) is 0 Å². The first kappa shape index (κ1) is 10.6. The molecule has 0 aromatic heterocycles. The van der Waals surface area contributed by atoms with Crippen molar-refractivity contribution in [2.24, 2.45) is 5.73 Å². The van der Waals surface area contributed by atoms with Gasteiger partial charge in [0.25, 0.3) is 0 Å². The van der Waals surface area contributed by atoms with Crippen LogP contribution in [0.3, 0.4) is 0 Å². The molecule has 0 aliphatic rings. The minimum atomic E-state index is -1.18. The Labute approximate surface area is 52.7 Å². The predicted molar refractivity (Wildman–Crippen MR) is 29.9 cm³/mol. The lowest BCUT2D eigenvalue weighted by molar-refractivity contribution is -0.139. The molecular formula is C3H8ClNO3. The summed E-state index contributed by atoms with van der Waals surface area (Å²) in [5.41, 5.74) is 4.77. The highest BCUT2D eigenvalue weighted by atomic mass is 35.5. The van der Waals surface area contributed by atoms with Crippen molar-refractivity contribution >= 4 is 18.4 Å². The van der Waals surface area contributed by atoms with E-state index in [-0.39, 0.29) is 12.4 Å². The Hall–Kier alpha value is -0.320. The van der Waals surface area contributed by atoms with Gasteiger partial charge in [0.05, 0.1) is 6.61 Å². The molecule has 0 heterocycles. The molecule has 0 radical (unpaired) electrons. The van der Waals surface area contributed by atoms with E-state index < -0.39 is 18.6 Å². The maximum absolute atomic E-state index is 9.65. The van der Waals surface area contributed by atoms with Gasteiger partial charge >= 0.3 is 5.97 Å². The van der Waals surface area contributed by atoms with Crippen molar-refractivity contribution in [3.63, 3.8) is 0 Å². The molecule has 0 spiro atoms. The van der Waals surface area contributed by atoms with Gasteiger partial charge in [-0.25, -0.2) is 0 Å². The molecule has 0 aromatic rings. The normalized spacial score (nSPS) is 11.8. The van der Waals surface area contributed by atoms with E-state index in [2.05, 4.69) is 0 Å². The minimum absolute atomic E-state index is 0. The third kappa shape index (κ3) is 3.86. The van der Waals surface area contributed by atoms with Gasteiger partial charge in [0.1, 0.15) is 6.04 Å². The lowest BCUT2D eigenvalue weighted by atomic mass is 12.2. The molecule has 8 heavy (non-hydrogen) atoms. The molecular weight excluding hydrogens is 139 g/mol. The predicted octanol–water partition coefficient (Wildman–Crippen LogP) is -1.19. The highest BCUT2D eigenvalue weighted by Crippen LogP contribution is 1.71. The van der Waals surface area contributed by atoms with E-state index in [0.29, 0.717) is 0 Å². The molecule has 0 fully saturated rings. The van der Waals surface area contributed by atoms with Crippen molar-refractivity contribution in [2.45, 2.75) is 6.04 Å². The van der Waals surface area contributed by atoms with Gasteiger partial charge in [-0.15, -0.1) is 12.4 Å². The van der Waals surface area contributed by atoms with E-state index in [1.54, 1.807) is 0 Å². The van der Waals surface area contributed by atoms with Crippen LogP contribution in [0.25, 0.3) is 0 Å². The fraction of sp³-hybridized carbons (Fsp3) is 0.667. The highest BCUT2D eigenvalue weighted by molar-refractivity contribution is 5.85. The Kier molecular flexibility index (Phi) is 6.41. The van der Waals surface area contributed by atoms with Gasteiger partial charge in [-0.3, -0.25) is 4.79 Å². The fourth-order valence-corrected chi connectivity index (χ4v) is 0.0781. The zero-order valence-corrected chi connectivity index (χ0v) is 4.89. The standard InChI is InChI=1S/C3H7NO3.ClH/c4-2(1-5)3(6)7;/h2,5H,1,4H2,(H,6,7);1H/t2-;/m0./s1/i1+2,2+2,3+2;. The van der Waals surface area contributed by atoms with Gasteiger partial charge in [0.15, 0.2) is 0 Å². The fourth-order valence-electron chi connectivity index (χ4n) is 0.0781. The van der Waals surface area contributed by atoms with Crippen LogP contribution < -0.4 is 5.73 Å². The van der Waals surface area contributed by atoms with E-state index in [1.165, 1.54) is 0 Å². The van der Waals surface area contributed by atoms with Gasteiger partial charge in [0.2, 0.25) is 0 Å². The van der Waals surface area contributed by atoms with Crippen LogP contribution in [0.5, 0.6) is 0 Å². The smallest absolute Gasteiger partial charge is 0.322 e. The molecule has 0 saturated heterocycles. The Morgan fingerprint density at radius 2 is 2.12 bits per heavy atom. The summed E-state index contributed by atoms with van der Waals surface area (Å²) in [5, 5.41) is 15.9. The number of aliphatic carboxylic acids is 1. The quantitative estimate of drug-likeness (QED) is 0.459. The second kappa shape index (κ2) is 4.83. The molecule has 0 saturated carbocycles. The van der Waals surface area contributed by atoms with Crippen molar-refractivity contribution in [1.29, 1.82) is 0 Å². The Bertz CT molecular complexity index is 76.9. The molecule has 0 aliphatic carbocycles. The summed E-state index contributed by atoms with van der Waals surface area (Å²) in [6.45, 7) is -0.505. The zero-order chi connectivity index (χ0) is 5.86. The summed E-state index contributed by atoms with van der Waals surface area (Å²) in [6, 6.07) is -1.13. The van der Waals surface area contributed by atoms with Crippen LogP contribution in [-0.4, -0.2) is 28.8 Å². The zero-order valence-electron chi connectivity index (χ0n) is 4.07. The maximum Gasteiger partial charge on any atom is 0.322 e. The number of carboxylic acids is 1. The van der Waals surface area contributed by atoms with Gasteiger partial charge in [-0.2, -0.15) is 0 Å². The summed E-state index contributed by atoms with van der Waals surface area (Å²) in [4.78, 5) is 9.65. The number of aliphatic hydroxyl groups is 1. The third-order valence-corrected chi connectivity index (χ3v) is 0.514. The molecule has 50 valence electrons. The average Bonchev–Trinajstić information content (AvgIpc) is 1.65. The first-order valence-electron chi connectivity index (χ1n) is 1.77. The van der Waals surface area contributed by atoms with Gasteiger partial charge in [-0.05, 0) is 0 Å². The summed E-state index contributed by atoms with van der Waals surface area (Å²) < 4.78 is 0. The molecule has 0 amide bonds. The monoisotopic (exact) mass is 147 g/mol. The van der Waals surface area contributed by atoms with Gasteiger partial charge < -0.3 is 15.9 Å². The molecule has 5 heteroatoms. The Balaban J connectivity index is 0. The lowest BCUT2D eigenvalue weighted by Gasteiger charge is -1.96. The maximum atomic E-state index is 9.65. The van der Waals surface area contributed by atoms with Crippen molar-refractivity contribution < 1.29 is 15.0 Å². The second-order valence-corrected chi connectivity index (χ2v) is 1.13. The lowest BCUT2D eigenvalue weighted by Crippen LogP contribution is -2.33. The Morgan fingerprint density at radius 1 is 1.75 bits per heavy atom. The Morgan fingerprint density at radius 3 is 2.12 bits per heavy atom. The van der Waals surface area contributed by atoms with Crippen LogP contribution in [-0.2, 0) is 4.79 Å². The molecule has 4 nitrogen and oxygen atoms in total. The largest absolute Gasteiger partial charge is 0.480 e. The van der Waals surface area contributed by atoms with E-state index in [0.717, 1.165) is 0 Å². The SMILES string of the molecule is Cl.N[14C@@H]([14CH2]O)[14C](=O)O. The topological polar surface area (TPSA) is 83.5 Å². The van der Waals surface area contributed by atoms with Crippen molar-refractivity contribution in [2.75, 3.05) is 6.61 Å². The molecule has 0 aromatic carbocycles. The van der Waals surface area contributed by atoms with Gasteiger partial charge in [0, 0.05) is 0 Å². The molecule has 1 atom stereocenters. The van der Waals surface area contributed by atoms with Crippen LogP contribution in [0.4, 0.5) is 0 Å². The highest BCUT2D eigenvalue weighted by Gasteiger charge is 2.06. The second-order valence-electron chi connectivity index (χ2n) is 1.13. The van der Waals surface area contributed by atoms with Crippen LogP contribution in [0.2, 0.25) is 0 Å². The summed E-state index contributed by atoms with van der Waals surface area (Å²) >= 11 is 0. The van der Waals surface area contributed by atoms with E-state index in [9.17, 15) is 4.79 Å². The number of carbonyl (C=O) groups is 1. The number of hydrogen-bond acceptors (Lipinski definition) is 3. The van der Waals surface area contributed by atoms with Gasteiger partial charge in [-0.1, -0.05) is 0 Å². The summed E-state index contributed by atoms with van der Waals surface area (Å²) in [6.07, 6.45) is 0. The molecule has 0 unspecified atom stereocenters. The van der Waals surface area contributed by atoms with Crippen LogP contribution in [0.15, 0.2) is 0 Å².